The van der Waals surface area contributed by atoms with Crippen molar-refractivity contribution in [1.29, 1.82) is 0 Å². The Morgan fingerprint density at radius 2 is 1.03 bits per heavy atom. The lowest BCUT2D eigenvalue weighted by molar-refractivity contribution is 0.0730. The van der Waals surface area contributed by atoms with Gasteiger partial charge in [-0.1, -0.05) is 0 Å². The SMILES string of the molecule is Nc1cc(S(=O)(=O)N2CCOCC2)ccc1OCCOc1ccc(S(=O)(=O)N2CCOCC2)cc1N. The Morgan fingerprint density at radius 1 is 0.667 bits per heavy atom. The average molecular weight is 543 g/mol. The number of sulfonamides is 2. The maximum atomic E-state index is 12.8. The van der Waals surface area contributed by atoms with Gasteiger partial charge in [-0.25, -0.2) is 16.8 Å². The Balaban J connectivity index is 1.32. The number of anilines is 2. The summed E-state index contributed by atoms with van der Waals surface area (Å²) >= 11 is 0. The molecule has 36 heavy (non-hydrogen) atoms. The minimum atomic E-state index is -3.66. The highest BCUT2D eigenvalue weighted by Gasteiger charge is 2.28. The number of nitrogens with zero attached hydrogens (tertiary/aromatic N) is 2. The van der Waals surface area contributed by atoms with Crippen LogP contribution >= 0.6 is 0 Å². The Bertz CT molecular complexity index is 1180. The molecule has 4 N–H and O–H groups in total. The number of rotatable bonds is 9. The highest BCUT2D eigenvalue weighted by Crippen LogP contribution is 2.29. The van der Waals surface area contributed by atoms with E-state index in [9.17, 15) is 16.8 Å². The van der Waals surface area contributed by atoms with Crippen LogP contribution < -0.4 is 20.9 Å². The molecular weight excluding hydrogens is 512 g/mol. The van der Waals surface area contributed by atoms with Crippen LogP contribution in [0.3, 0.4) is 0 Å². The first-order valence-corrected chi connectivity index (χ1v) is 14.3. The Kier molecular flexibility index (Phi) is 8.22. The minimum Gasteiger partial charge on any atom is -0.488 e. The molecule has 0 aliphatic carbocycles. The molecule has 0 spiro atoms. The molecule has 2 aliphatic heterocycles. The van der Waals surface area contributed by atoms with Crippen LogP contribution in [0.2, 0.25) is 0 Å². The van der Waals surface area contributed by atoms with Crippen LogP contribution in [-0.2, 0) is 29.5 Å². The van der Waals surface area contributed by atoms with E-state index >= 15 is 0 Å². The normalized spacial score (nSPS) is 18.1. The van der Waals surface area contributed by atoms with Gasteiger partial charge in [0.1, 0.15) is 24.7 Å². The molecule has 12 nitrogen and oxygen atoms in total. The molecule has 0 aromatic heterocycles. The zero-order valence-corrected chi connectivity index (χ0v) is 21.3. The molecule has 14 heteroatoms. The molecule has 2 aromatic carbocycles. The molecular formula is C22H30N4O8S2. The molecule has 0 amide bonds. The largest absolute Gasteiger partial charge is 0.488 e. The van der Waals surface area contributed by atoms with Gasteiger partial charge in [0.25, 0.3) is 0 Å². The standard InChI is InChI=1S/C22H30N4O8S2/c23-19-15-17(35(27,28)25-5-9-31-10-6-25)1-3-21(19)33-13-14-34-22-4-2-18(16-20(22)24)36(29,30)26-7-11-32-12-8-26/h1-4,15-16H,5-14,23-24H2. The maximum absolute atomic E-state index is 12.8. The number of benzene rings is 2. The summed E-state index contributed by atoms with van der Waals surface area (Å²) in [6.45, 7) is 2.80. The first-order valence-electron chi connectivity index (χ1n) is 11.4. The van der Waals surface area contributed by atoms with Crippen LogP contribution in [0.5, 0.6) is 11.5 Å². The first kappa shape index (κ1) is 26.4. The van der Waals surface area contributed by atoms with E-state index < -0.39 is 20.0 Å². The monoisotopic (exact) mass is 542 g/mol. The number of hydrogen-bond donors (Lipinski definition) is 2. The van der Waals surface area contributed by atoms with Gasteiger partial charge in [-0.15, -0.1) is 0 Å². The summed E-state index contributed by atoms with van der Waals surface area (Å²) in [6.07, 6.45) is 0. The molecule has 198 valence electrons. The smallest absolute Gasteiger partial charge is 0.243 e. The van der Waals surface area contributed by atoms with Crippen LogP contribution in [0.25, 0.3) is 0 Å². The summed E-state index contributed by atoms with van der Waals surface area (Å²) in [4.78, 5) is 0.177. The molecule has 0 unspecified atom stereocenters. The summed E-state index contributed by atoms with van der Waals surface area (Å²) < 4.78 is 75.5. The molecule has 2 aromatic rings. The van der Waals surface area contributed by atoms with Crippen LogP contribution in [0, 0.1) is 0 Å². The van der Waals surface area contributed by atoms with E-state index in [-0.39, 0.29) is 34.4 Å². The van der Waals surface area contributed by atoms with E-state index in [2.05, 4.69) is 0 Å². The Hall–Kier alpha value is -2.62. The maximum Gasteiger partial charge on any atom is 0.243 e. The lowest BCUT2D eigenvalue weighted by Crippen LogP contribution is -2.40. The summed E-state index contributed by atoms with van der Waals surface area (Å²) in [6, 6.07) is 8.63. The van der Waals surface area contributed by atoms with E-state index in [0.29, 0.717) is 64.1 Å². The summed E-state index contributed by atoms with van der Waals surface area (Å²) in [7, 11) is -7.32. The fourth-order valence-electron chi connectivity index (χ4n) is 3.81. The number of nitrogen functional groups attached to an aromatic ring is 2. The number of hydrogen-bond acceptors (Lipinski definition) is 10. The van der Waals surface area contributed by atoms with Crippen molar-refractivity contribution < 1.29 is 35.8 Å². The second kappa shape index (κ2) is 11.2. The Labute approximate surface area is 210 Å². The molecule has 2 heterocycles. The van der Waals surface area contributed by atoms with E-state index in [1.165, 1.54) is 45.0 Å². The second-order valence-electron chi connectivity index (χ2n) is 8.13. The van der Waals surface area contributed by atoms with Crippen molar-refractivity contribution in [3.63, 3.8) is 0 Å². The molecule has 0 bridgehead atoms. The number of ether oxygens (including phenoxy) is 4. The third kappa shape index (κ3) is 5.85. The van der Waals surface area contributed by atoms with Gasteiger partial charge in [0.05, 0.1) is 47.6 Å². The molecule has 2 aliphatic rings. The van der Waals surface area contributed by atoms with Crippen molar-refractivity contribution in [1.82, 2.24) is 8.61 Å². The molecule has 2 saturated heterocycles. The average Bonchev–Trinajstić information content (AvgIpc) is 2.89. The molecule has 0 radical (unpaired) electrons. The van der Waals surface area contributed by atoms with E-state index in [0.717, 1.165) is 0 Å². The van der Waals surface area contributed by atoms with Crippen molar-refractivity contribution in [2.24, 2.45) is 0 Å². The quantitative estimate of drug-likeness (QED) is 0.334. The van der Waals surface area contributed by atoms with Crippen LogP contribution in [0.15, 0.2) is 46.2 Å². The molecule has 2 fully saturated rings. The second-order valence-corrected chi connectivity index (χ2v) is 12.0. The number of nitrogens with two attached hydrogens (primary N) is 2. The predicted molar refractivity (Wildman–Crippen MR) is 132 cm³/mol. The van der Waals surface area contributed by atoms with Gasteiger partial charge >= 0.3 is 0 Å². The summed E-state index contributed by atoms with van der Waals surface area (Å²) in [5, 5.41) is 0. The van der Waals surface area contributed by atoms with Gasteiger partial charge in [0, 0.05) is 26.2 Å². The molecule has 0 atom stereocenters. The molecule has 4 rings (SSSR count). The fourth-order valence-corrected chi connectivity index (χ4v) is 6.70. The zero-order chi connectivity index (χ0) is 25.8. The lowest BCUT2D eigenvalue weighted by atomic mass is 10.3. The van der Waals surface area contributed by atoms with Crippen molar-refractivity contribution in [2.45, 2.75) is 9.79 Å². The zero-order valence-electron chi connectivity index (χ0n) is 19.7. The molecule has 0 saturated carbocycles. The van der Waals surface area contributed by atoms with Gasteiger partial charge in [-0.05, 0) is 36.4 Å². The van der Waals surface area contributed by atoms with E-state index in [4.69, 9.17) is 30.4 Å². The van der Waals surface area contributed by atoms with E-state index in [1.807, 2.05) is 0 Å². The Morgan fingerprint density at radius 3 is 1.36 bits per heavy atom. The third-order valence-electron chi connectivity index (χ3n) is 5.78. The van der Waals surface area contributed by atoms with Crippen LogP contribution in [0.4, 0.5) is 11.4 Å². The van der Waals surface area contributed by atoms with Gasteiger partial charge in [-0.3, -0.25) is 0 Å². The van der Waals surface area contributed by atoms with Crippen LogP contribution in [0.1, 0.15) is 0 Å². The van der Waals surface area contributed by atoms with Crippen molar-refractivity contribution in [3.05, 3.63) is 36.4 Å². The van der Waals surface area contributed by atoms with Crippen molar-refractivity contribution in [2.75, 3.05) is 77.3 Å². The fraction of sp³-hybridized carbons (Fsp3) is 0.455. The van der Waals surface area contributed by atoms with Crippen LogP contribution in [-0.4, -0.2) is 91.3 Å². The van der Waals surface area contributed by atoms with Gasteiger partial charge in [0.2, 0.25) is 20.0 Å². The summed E-state index contributed by atoms with van der Waals surface area (Å²) in [5.41, 5.74) is 12.4. The topological polar surface area (TPSA) is 164 Å². The van der Waals surface area contributed by atoms with Crippen molar-refractivity contribution in [3.8, 4) is 11.5 Å². The van der Waals surface area contributed by atoms with Gasteiger partial charge in [-0.2, -0.15) is 8.61 Å². The van der Waals surface area contributed by atoms with Gasteiger partial charge in [0.15, 0.2) is 0 Å². The minimum absolute atomic E-state index is 0.0883. The van der Waals surface area contributed by atoms with Crippen molar-refractivity contribution >= 4 is 31.4 Å². The third-order valence-corrected chi connectivity index (χ3v) is 9.57. The lowest BCUT2D eigenvalue weighted by Gasteiger charge is -2.26. The first-order chi connectivity index (χ1) is 17.2. The number of morpholine rings is 2. The summed E-state index contributed by atoms with van der Waals surface area (Å²) in [5.74, 6) is 0.638. The predicted octanol–water partition coefficient (Wildman–Crippen LogP) is 0.351. The van der Waals surface area contributed by atoms with E-state index in [1.54, 1.807) is 0 Å². The van der Waals surface area contributed by atoms with Gasteiger partial charge < -0.3 is 30.4 Å². The highest BCUT2D eigenvalue weighted by molar-refractivity contribution is 7.89. The highest BCUT2D eigenvalue weighted by atomic mass is 32.2.